The van der Waals surface area contributed by atoms with E-state index in [4.69, 9.17) is 0 Å². The molecule has 0 aliphatic rings. The second-order valence-corrected chi connectivity index (χ2v) is 4.13. The van der Waals surface area contributed by atoms with E-state index in [0.717, 1.165) is 12.0 Å². The van der Waals surface area contributed by atoms with Crippen LogP contribution in [0.3, 0.4) is 0 Å². The van der Waals surface area contributed by atoms with Crippen molar-refractivity contribution < 1.29 is 4.79 Å². The first kappa shape index (κ1) is 11.5. The maximum atomic E-state index is 11.7. The molecule has 1 atom stereocenters. The number of carbonyl (C=O) groups excluding carboxylic acids is 1. The molecule has 0 amide bonds. The van der Waals surface area contributed by atoms with Crippen LogP contribution in [0, 0.1) is 0 Å². The number of hydrogen-bond acceptors (Lipinski definition) is 2. The molecule has 1 unspecified atom stereocenters. The summed E-state index contributed by atoms with van der Waals surface area (Å²) in [7, 11) is 0. The highest BCUT2D eigenvalue weighted by Gasteiger charge is 2.16. The quantitative estimate of drug-likeness (QED) is 0.800. The van der Waals surface area contributed by atoms with Crippen LogP contribution in [0.25, 0.3) is 0 Å². The summed E-state index contributed by atoms with van der Waals surface area (Å²) in [5, 5.41) is 0. The summed E-state index contributed by atoms with van der Waals surface area (Å²) < 4.78 is 0. The second kappa shape index (κ2) is 5.39. The number of carbonyl (C=O) groups is 1. The molecule has 0 aliphatic carbocycles. The molecule has 1 aromatic carbocycles. The molecular formula is C15H15NO. The van der Waals surface area contributed by atoms with Gasteiger partial charge in [0, 0.05) is 18.3 Å². The third-order valence-electron chi connectivity index (χ3n) is 2.88. The first-order valence-corrected chi connectivity index (χ1v) is 5.71. The Morgan fingerprint density at radius 3 is 2.35 bits per heavy atom. The standard InChI is InChI=1S/C15H15NO/c1-12(17)15(14-7-9-16-10-8-14)11-13-5-3-2-4-6-13/h2-10,15H,11H2,1H3. The molecule has 86 valence electrons. The molecule has 0 fully saturated rings. The predicted molar refractivity (Wildman–Crippen MR) is 67.8 cm³/mol. The maximum Gasteiger partial charge on any atom is 0.137 e. The summed E-state index contributed by atoms with van der Waals surface area (Å²) in [5.74, 6) is 0.125. The van der Waals surface area contributed by atoms with E-state index in [1.807, 2.05) is 30.3 Å². The van der Waals surface area contributed by atoms with Crippen molar-refractivity contribution in [3.05, 3.63) is 66.0 Å². The average Bonchev–Trinajstić information content (AvgIpc) is 2.38. The zero-order chi connectivity index (χ0) is 12.1. The summed E-state index contributed by atoms with van der Waals surface area (Å²) in [4.78, 5) is 15.7. The molecule has 2 aromatic rings. The molecule has 1 heterocycles. The Morgan fingerprint density at radius 1 is 1.12 bits per heavy atom. The summed E-state index contributed by atoms with van der Waals surface area (Å²) in [6.07, 6.45) is 4.22. The molecular weight excluding hydrogens is 210 g/mol. The average molecular weight is 225 g/mol. The van der Waals surface area contributed by atoms with E-state index in [1.54, 1.807) is 19.3 Å². The van der Waals surface area contributed by atoms with E-state index in [-0.39, 0.29) is 11.7 Å². The summed E-state index contributed by atoms with van der Waals surface area (Å²) in [6.45, 7) is 1.65. The van der Waals surface area contributed by atoms with E-state index in [1.165, 1.54) is 5.56 Å². The molecule has 0 N–H and O–H groups in total. The predicted octanol–water partition coefficient (Wildman–Crippen LogP) is 3.00. The van der Waals surface area contributed by atoms with Gasteiger partial charge in [0.2, 0.25) is 0 Å². The van der Waals surface area contributed by atoms with Gasteiger partial charge in [0.05, 0.1) is 0 Å². The van der Waals surface area contributed by atoms with Gasteiger partial charge in [-0.25, -0.2) is 0 Å². The van der Waals surface area contributed by atoms with Crippen molar-refractivity contribution in [1.29, 1.82) is 0 Å². The highest BCUT2D eigenvalue weighted by Crippen LogP contribution is 2.21. The third-order valence-corrected chi connectivity index (χ3v) is 2.88. The van der Waals surface area contributed by atoms with E-state index in [9.17, 15) is 4.79 Å². The Morgan fingerprint density at radius 2 is 1.76 bits per heavy atom. The molecule has 2 nitrogen and oxygen atoms in total. The highest BCUT2D eigenvalue weighted by molar-refractivity contribution is 5.83. The lowest BCUT2D eigenvalue weighted by Gasteiger charge is -2.13. The Bertz CT molecular complexity index is 479. The zero-order valence-corrected chi connectivity index (χ0v) is 9.84. The van der Waals surface area contributed by atoms with Crippen molar-refractivity contribution in [3.8, 4) is 0 Å². The highest BCUT2D eigenvalue weighted by atomic mass is 16.1. The molecule has 0 bridgehead atoms. The van der Waals surface area contributed by atoms with E-state index < -0.39 is 0 Å². The van der Waals surface area contributed by atoms with Crippen molar-refractivity contribution in [1.82, 2.24) is 4.98 Å². The Balaban J connectivity index is 2.23. The lowest BCUT2D eigenvalue weighted by Crippen LogP contribution is -2.12. The minimum Gasteiger partial charge on any atom is -0.299 e. The van der Waals surface area contributed by atoms with Gasteiger partial charge in [0.25, 0.3) is 0 Å². The summed E-state index contributed by atoms with van der Waals surface area (Å²) in [6, 6.07) is 13.9. The van der Waals surface area contributed by atoms with Crippen molar-refractivity contribution >= 4 is 5.78 Å². The third kappa shape index (κ3) is 3.00. The molecule has 0 aliphatic heterocycles. The van der Waals surface area contributed by atoms with Gasteiger partial charge in [-0.3, -0.25) is 9.78 Å². The normalized spacial score (nSPS) is 12.1. The smallest absolute Gasteiger partial charge is 0.137 e. The maximum absolute atomic E-state index is 11.7. The number of benzene rings is 1. The van der Waals surface area contributed by atoms with Gasteiger partial charge in [-0.2, -0.15) is 0 Å². The van der Waals surface area contributed by atoms with E-state index >= 15 is 0 Å². The fourth-order valence-electron chi connectivity index (χ4n) is 1.94. The molecule has 0 saturated heterocycles. The zero-order valence-electron chi connectivity index (χ0n) is 9.84. The van der Waals surface area contributed by atoms with Crippen LogP contribution in [0.15, 0.2) is 54.9 Å². The number of aromatic nitrogens is 1. The van der Waals surface area contributed by atoms with Crippen LogP contribution < -0.4 is 0 Å². The first-order valence-electron chi connectivity index (χ1n) is 5.71. The van der Waals surface area contributed by atoms with Crippen LogP contribution in [0.4, 0.5) is 0 Å². The number of nitrogens with zero attached hydrogens (tertiary/aromatic N) is 1. The summed E-state index contributed by atoms with van der Waals surface area (Å²) in [5.41, 5.74) is 2.22. The topological polar surface area (TPSA) is 30.0 Å². The molecule has 1 aromatic heterocycles. The second-order valence-electron chi connectivity index (χ2n) is 4.13. The Hall–Kier alpha value is -1.96. The first-order chi connectivity index (χ1) is 8.27. The van der Waals surface area contributed by atoms with E-state index in [0.29, 0.717) is 0 Å². The van der Waals surface area contributed by atoms with Gasteiger partial charge < -0.3 is 0 Å². The van der Waals surface area contributed by atoms with Gasteiger partial charge in [-0.15, -0.1) is 0 Å². The fraction of sp³-hybridized carbons (Fsp3) is 0.200. The molecule has 0 radical (unpaired) electrons. The van der Waals surface area contributed by atoms with Crippen LogP contribution in [0.2, 0.25) is 0 Å². The van der Waals surface area contributed by atoms with Gasteiger partial charge in [-0.05, 0) is 36.6 Å². The largest absolute Gasteiger partial charge is 0.299 e. The number of Topliss-reactive ketones (excluding diaryl/α,β-unsaturated/α-hetero) is 1. The number of pyridine rings is 1. The summed E-state index contributed by atoms with van der Waals surface area (Å²) >= 11 is 0. The van der Waals surface area contributed by atoms with Crippen molar-refractivity contribution in [3.63, 3.8) is 0 Å². The number of rotatable bonds is 4. The van der Waals surface area contributed by atoms with Crippen LogP contribution in [0.5, 0.6) is 0 Å². The van der Waals surface area contributed by atoms with Crippen LogP contribution >= 0.6 is 0 Å². The minimum atomic E-state index is -0.0691. The monoisotopic (exact) mass is 225 g/mol. The van der Waals surface area contributed by atoms with Crippen molar-refractivity contribution in [2.75, 3.05) is 0 Å². The molecule has 17 heavy (non-hydrogen) atoms. The molecule has 0 saturated carbocycles. The van der Waals surface area contributed by atoms with E-state index in [2.05, 4.69) is 17.1 Å². The van der Waals surface area contributed by atoms with Gasteiger partial charge >= 0.3 is 0 Å². The fourth-order valence-corrected chi connectivity index (χ4v) is 1.94. The SMILES string of the molecule is CC(=O)C(Cc1ccccc1)c1ccncc1. The molecule has 0 spiro atoms. The van der Waals surface area contributed by atoms with Crippen molar-refractivity contribution in [2.24, 2.45) is 0 Å². The Kier molecular flexibility index (Phi) is 3.66. The Labute approximate surface area is 101 Å². The van der Waals surface area contributed by atoms with Gasteiger partial charge in [-0.1, -0.05) is 30.3 Å². The van der Waals surface area contributed by atoms with Crippen LogP contribution in [-0.2, 0) is 11.2 Å². The lowest BCUT2D eigenvalue weighted by atomic mass is 9.90. The van der Waals surface area contributed by atoms with Gasteiger partial charge in [0.15, 0.2) is 0 Å². The number of hydrogen-bond donors (Lipinski definition) is 0. The number of ketones is 1. The van der Waals surface area contributed by atoms with Crippen LogP contribution in [-0.4, -0.2) is 10.8 Å². The molecule has 2 rings (SSSR count). The minimum absolute atomic E-state index is 0.0691. The molecule has 2 heteroatoms. The lowest BCUT2D eigenvalue weighted by molar-refractivity contribution is -0.118. The van der Waals surface area contributed by atoms with Crippen molar-refractivity contribution in [2.45, 2.75) is 19.3 Å². The van der Waals surface area contributed by atoms with Crippen LogP contribution in [0.1, 0.15) is 24.0 Å². The van der Waals surface area contributed by atoms with Gasteiger partial charge in [0.1, 0.15) is 5.78 Å².